The normalized spacial score (nSPS) is 15.2. The van der Waals surface area contributed by atoms with Crippen molar-refractivity contribution in [1.82, 2.24) is 4.72 Å². The van der Waals surface area contributed by atoms with Gasteiger partial charge in [0.25, 0.3) is 5.91 Å². The van der Waals surface area contributed by atoms with Gasteiger partial charge in [0, 0.05) is 17.3 Å². The lowest BCUT2D eigenvalue weighted by Gasteiger charge is -2.15. The Bertz CT molecular complexity index is 1080. The molecule has 0 unspecified atom stereocenters. The van der Waals surface area contributed by atoms with Gasteiger partial charge in [-0.3, -0.25) is 4.79 Å². The van der Waals surface area contributed by atoms with E-state index in [9.17, 15) is 13.2 Å². The molecule has 2 aromatic rings. The molecule has 0 aliphatic heterocycles. The van der Waals surface area contributed by atoms with E-state index in [2.05, 4.69) is 53.4 Å². The second-order valence-corrected chi connectivity index (χ2v) is 10.2. The zero-order valence-electron chi connectivity index (χ0n) is 18.8. The highest BCUT2D eigenvalue weighted by molar-refractivity contribution is 7.89. The Morgan fingerprint density at radius 3 is 2.29 bits per heavy atom. The molecule has 0 heterocycles. The summed E-state index contributed by atoms with van der Waals surface area (Å²) in [5.41, 5.74) is 6.96. The molecule has 6 heteroatoms. The third kappa shape index (κ3) is 6.20. The Hall–Kier alpha value is -2.60. The fraction of sp³-hybridized carbons (Fsp3) is 0.400. The summed E-state index contributed by atoms with van der Waals surface area (Å²) in [6.07, 6.45) is 8.32. The molecule has 0 saturated heterocycles. The van der Waals surface area contributed by atoms with Crippen LogP contribution in [0.5, 0.6) is 0 Å². The quantitative estimate of drug-likeness (QED) is 0.581. The van der Waals surface area contributed by atoms with Gasteiger partial charge in [0.1, 0.15) is 0 Å². The Morgan fingerprint density at radius 1 is 1.06 bits per heavy atom. The van der Waals surface area contributed by atoms with Gasteiger partial charge in [-0.1, -0.05) is 44.0 Å². The Kier molecular flexibility index (Phi) is 7.21. The molecule has 0 bridgehead atoms. The maximum atomic E-state index is 12.3. The van der Waals surface area contributed by atoms with Crippen molar-refractivity contribution in [3.63, 3.8) is 0 Å². The second-order valence-electron chi connectivity index (χ2n) is 8.45. The number of carbonyl (C=O) groups is 1. The van der Waals surface area contributed by atoms with Crippen LogP contribution in [-0.2, 0) is 14.8 Å². The highest BCUT2D eigenvalue weighted by Crippen LogP contribution is 2.30. The molecule has 3 rings (SSSR count). The van der Waals surface area contributed by atoms with Gasteiger partial charge in [-0.25, -0.2) is 13.1 Å². The summed E-state index contributed by atoms with van der Waals surface area (Å²) < 4.78 is 24.8. The van der Waals surface area contributed by atoms with Crippen LogP contribution in [0, 0.1) is 13.8 Å². The zero-order valence-corrected chi connectivity index (χ0v) is 19.6. The van der Waals surface area contributed by atoms with Crippen LogP contribution < -0.4 is 10.0 Å². The van der Waals surface area contributed by atoms with Crippen LogP contribution in [0.2, 0.25) is 0 Å². The van der Waals surface area contributed by atoms with Crippen molar-refractivity contribution in [2.75, 3.05) is 11.6 Å². The molecule has 31 heavy (non-hydrogen) atoms. The van der Waals surface area contributed by atoms with E-state index in [1.54, 1.807) is 6.08 Å². The highest BCUT2D eigenvalue weighted by Gasteiger charge is 2.15. The number of hydrogen-bond donors (Lipinski definition) is 2. The lowest BCUT2D eigenvalue weighted by Crippen LogP contribution is -2.30. The first kappa shape index (κ1) is 23.1. The molecule has 2 aromatic carbocycles. The average Bonchev–Trinajstić information content (AvgIpc) is 3.20. The summed E-state index contributed by atoms with van der Waals surface area (Å²) in [5, 5.41) is 3.62. The van der Waals surface area contributed by atoms with Crippen molar-refractivity contribution in [3.8, 4) is 11.1 Å². The molecule has 0 radical (unpaired) electrons. The molecule has 0 aromatic heterocycles. The number of benzene rings is 2. The number of amides is 1. The van der Waals surface area contributed by atoms with E-state index >= 15 is 0 Å². The van der Waals surface area contributed by atoms with Crippen LogP contribution in [0.4, 0.5) is 5.69 Å². The van der Waals surface area contributed by atoms with Crippen molar-refractivity contribution in [2.45, 2.75) is 58.9 Å². The van der Waals surface area contributed by atoms with E-state index in [-0.39, 0.29) is 0 Å². The van der Waals surface area contributed by atoms with Crippen LogP contribution in [-0.4, -0.2) is 26.6 Å². The van der Waals surface area contributed by atoms with E-state index in [0.717, 1.165) is 39.8 Å². The van der Waals surface area contributed by atoms with E-state index in [4.69, 9.17) is 0 Å². The molecule has 1 saturated carbocycles. The van der Waals surface area contributed by atoms with Crippen LogP contribution in [0.15, 0.2) is 42.0 Å². The molecule has 2 N–H and O–H groups in total. The third-order valence-corrected chi connectivity index (χ3v) is 6.37. The predicted octanol–water partition coefficient (Wildman–Crippen LogP) is 5.19. The summed E-state index contributed by atoms with van der Waals surface area (Å²) in [6.45, 7) is 5.90. The van der Waals surface area contributed by atoms with Gasteiger partial charge in [0.05, 0.1) is 6.26 Å². The van der Waals surface area contributed by atoms with E-state index in [1.165, 1.54) is 25.7 Å². The first-order valence-electron chi connectivity index (χ1n) is 10.9. The van der Waals surface area contributed by atoms with Gasteiger partial charge in [-0.05, 0) is 79.1 Å². The monoisotopic (exact) mass is 440 g/mol. The minimum absolute atomic E-state index is 0.433. The molecular formula is C25H32N2O3S. The smallest absolute Gasteiger partial charge is 0.260 e. The van der Waals surface area contributed by atoms with Crippen molar-refractivity contribution in [2.24, 2.45) is 0 Å². The highest BCUT2D eigenvalue weighted by atomic mass is 32.2. The van der Waals surface area contributed by atoms with Gasteiger partial charge < -0.3 is 5.32 Å². The summed E-state index contributed by atoms with van der Waals surface area (Å²) in [7, 11) is -3.59. The molecule has 0 atom stereocenters. The van der Waals surface area contributed by atoms with Gasteiger partial charge in [0.15, 0.2) is 0 Å². The Labute approximate surface area is 186 Å². The van der Waals surface area contributed by atoms with Crippen LogP contribution >= 0.6 is 0 Å². The first-order chi connectivity index (χ1) is 14.7. The number of aryl methyl sites for hydroxylation is 2. The fourth-order valence-corrected chi connectivity index (χ4v) is 4.57. The average molecular weight is 441 g/mol. The summed E-state index contributed by atoms with van der Waals surface area (Å²) in [4.78, 5) is 12.3. The van der Waals surface area contributed by atoms with Crippen LogP contribution in [0.1, 0.15) is 55.7 Å². The molecule has 1 fully saturated rings. The lowest BCUT2D eigenvalue weighted by molar-refractivity contribution is -0.115. The molecule has 5 nitrogen and oxygen atoms in total. The van der Waals surface area contributed by atoms with E-state index in [0.29, 0.717) is 18.0 Å². The largest absolute Gasteiger partial charge is 0.382 e. The van der Waals surface area contributed by atoms with Gasteiger partial charge in [0.2, 0.25) is 10.0 Å². The Morgan fingerprint density at radius 2 is 1.71 bits per heavy atom. The Balaban J connectivity index is 1.83. The number of anilines is 1. The van der Waals surface area contributed by atoms with Crippen LogP contribution in [0.3, 0.4) is 0 Å². The predicted molar refractivity (Wildman–Crippen MR) is 128 cm³/mol. The summed E-state index contributed by atoms with van der Waals surface area (Å²) in [5.74, 6) is -0.573. The number of sulfonamides is 1. The number of nitrogens with one attached hydrogen (secondary N) is 2. The molecular weight excluding hydrogens is 408 g/mol. The topological polar surface area (TPSA) is 75.3 Å². The van der Waals surface area contributed by atoms with Crippen LogP contribution in [0.25, 0.3) is 17.2 Å². The SMILES string of the molecule is CCC(=Cc1cc(C)c(-c2ccc(NC3CCCC3)cc2)cc1C)C(=O)NS(C)(=O)=O. The van der Waals surface area contributed by atoms with Crippen molar-refractivity contribution >= 4 is 27.7 Å². The molecule has 1 aliphatic rings. The molecule has 166 valence electrons. The summed E-state index contributed by atoms with van der Waals surface area (Å²) in [6, 6.07) is 13.3. The zero-order chi connectivity index (χ0) is 22.6. The summed E-state index contributed by atoms with van der Waals surface area (Å²) >= 11 is 0. The lowest BCUT2D eigenvalue weighted by atomic mass is 9.93. The van der Waals surface area contributed by atoms with Crippen molar-refractivity contribution in [3.05, 3.63) is 58.7 Å². The second kappa shape index (κ2) is 9.69. The van der Waals surface area contributed by atoms with Crippen molar-refractivity contribution < 1.29 is 13.2 Å². The first-order valence-corrected chi connectivity index (χ1v) is 12.8. The van der Waals surface area contributed by atoms with Gasteiger partial charge >= 0.3 is 0 Å². The number of hydrogen-bond acceptors (Lipinski definition) is 4. The maximum Gasteiger partial charge on any atom is 0.260 e. The molecule has 1 amide bonds. The molecule has 1 aliphatic carbocycles. The minimum atomic E-state index is -3.59. The fourth-order valence-electron chi connectivity index (χ4n) is 4.11. The van der Waals surface area contributed by atoms with E-state index in [1.807, 2.05) is 13.8 Å². The number of rotatable bonds is 7. The minimum Gasteiger partial charge on any atom is -0.382 e. The number of carbonyl (C=O) groups excluding carboxylic acids is 1. The maximum absolute atomic E-state index is 12.3. The van der Waals surface area contributed by atoms with E-state index < -0.39 is 15.9 Å². The molecule has 0 spiro atoms. The standard InChI is InChI=1S/C25H32N2O3S/c1-5-19(25(28)27-31(4,29)30)16-21-14-18(3)24(15-17(21)2)20-10-12-23(13-11-20)26-22-8-6-7-9-22/h10-16,22,26H,5-9H2,1-4H3,(H,27,28). The van der Waals surface area contributed by atoms with Crippen molar-refractivity contribution in [1.29, 1.82) is 0 Å². The van der Waals surface area contributed by atoms with Gasteiger partial charge in [-0.2, -0.15) is 0 Å². The third-order valence-electron chi connectivity index (χ3n) is 5.82. The van der Waals surface area contributed by atoms with Gasteiger partial charge in [-0.15, -0.1) is 0 Å².